The minimum Gasteiger partial charge on any atom is -0.311 e. The maximum absolute atomic E-state index is 4.24. The molecule has 0 aromatic carbocycles. The number of hydrogen-bond acceptors (Lipinski definition) is 2. The molecule has 2 heteroatoms. The van der Waals surface area contributed by atoms with Crippen LogP contribution in [0.2, 0.25) is 0 Å². The third-order valence-electron chi connectivity index (χ3n) is 9.90. The second-order valence-corrected chi connectivity index (χ2v) is 12.3. The van der Waals surface area contributed by atoms with Gasteiger partial charge in [-0.2, -0.15) is 11.8 Å². The zero-order valence-corrected chi connectivity index (χ0v) is 17.4. The summed E-state index contributed by atoms with van der Waals surface area (Å²) in [5, 5.41) is 6.33. The molecule has 26 heavy (non-hydrogen) atoms. The van der Waals surface area contributed by atoms with E-state index < -0.39 is 0 Å². The third kappa shape index (κ3) is 2.75. The van der Waals surface area contributed by atoms with Crippen LogP contribution < -0.4 is 5.32 Å². The summed E-state index contributed by atoms with van der Waals surface area (Å²) in [6, 6.07) is 1.79. The van der Waals surface area contributed by atoms with Crippen molar-refractivity contribution in [3.8, 4) is 0 Å². The summed E-state index contributed by atoms with van der Waals surface area (Å²) in [4.78, 5) is 0. The number of fused-ring (bicyclic) bond motifs is 7. The standard InChI is InChI=1S/C24H39NS/c1-2-6-15(7-3-1)16-10-11-19-21(14-16)25-20-13-12-18-17-8-4-5-9-22(17)26-24(18)23(19)20/h15-25H,1-14H2. The average Bonchev–Trinajstić information content (AvgIpc) is 3.25. The van der Waals surface area contributed by atoms with Crippen LogP contribution in [0.15, 0.2) is 0 Å². The van der Waals surface area contributed by atoms with E-state index in [0.717, 1.165) is 58.1 Å². The van der Waals surface area contributed by atoms with Crippen LogP contribution in [0.3, 0.4) is 0 Å². The molecule has 4 saturated carbocycles. The van der Waals surface area contributed by atoms with Crippen LogP contribution in [-0.2, 0) is 0 Å². The predicted molar refractivity (Wildman–Crippen MR) is 111 cm³/mol. The fourth-order valence-corrected chi connectivity index (χ4v) is 11.2. The van der Waals surface area contributed by atoms with E-state index in [1.165, 1.54) is 44.9 Å². The summed E-state index contributed by atoms with van der Waals surface area (Å²) in [5.74, 6) is 6.45. The maximum atomic E-state index is 4.24. The molecule has 0 aromatic rings. The van der Waals surface area contributed by atoms with Crippen LogP contribution in [0.5, 0.6) is 0 Å². The van der Waals surface area contributed by atoms with E-state index in [-0.39, 0.29) is 0 Å². The van der Waals surface area contributed by atoms with Gasteiger partial charge >= 0.3 is 0 Å². The minimum atomic E-state index is 0.893. The van der Waals surface area contributed by atoms with E-state index in [0.29, 0.717) is 0 Å². The Kier molecular flexibility index (Phi) is 4.61. The average molecular weight is 374 g/mol. The second-order valence-electron chi connectivity index (χ2n) is 10.9. The third-order valence-corrected chi connectivity index (χ3v) is 11.8. The first-order valence-electron chi connectivity index (χ1n) is 12.3. The van der Waals surface area contributed by atoms with Gasteiger partial charge in [0.15, 0.2) is 0 Å². The molecule has 4 aliphatic carbocycles. The van der Waals surface area contributed by atoms with Gasteiger partial charge in [-0.25, -0.2) is 0 Å². The molecule has 9 unspecified atom stereocenters. The van der Waals surface area contributed by atoms with E-state index in [1.54, 1.807) is 44.9 Å². The SMILES string of the molecule is C1CCC(C2CCC3C(C2)NC2CCC4C5CCCCC5SC4C23)CC1. The van der Waals surface area contributed by atoms with Gasteiger partial charge in [-0.1, -0.05) is 44.9 Å². The molecule has 2 saturated heterocycles. The Morgan fingerprint density at radius 3 is 2.31 bits per heavy atom. The van der Waals surface area contributed by atoms with E-state index in [1.807, 2.05) is 0 Å². The van der Waals surface area contributed by atoms with Gasteiger partial charge in [-0.15, -0.1) is 0 Å². The molecule has 9 atom stereocenters. The summed E-state index contributed by atoms with van der Waals surface area (Å²) >= 11 is 2.50. The lowest BCUT2D eigenvalue weighted by Crippen LogP contribution is -2.42. The monoisotopic (exact) mass is 373 g/mol. The number of rotatable bonds is 1. The lowest BCUT2D eigenvalue weighted by molar-refractivity contribution is 0.121. The molecule has 2 aliphatic heterocycles. The second kappa shape index (κ2) is 6.97. The first-order chi connectivity index (χ1) is 12.9. The molecule has 146 valence electrons. The van der Waals surface area contributed by atoms with Crippen molar-refractivity contribution in [2.24, 2.45) is 35.5 Å². The molecule has 1 nitrogen and oxygen atoms in total. The Labute approximate surface area is 165 Å². The van der Waals surface area contributed by atoms with Crippen LogP contribution in [-0.4, -0.2) is 22.6 Å². The van der Waals surface area contributed by atoms with Crippen molar-refractivity contribution in [3.05, 3.63) is 0 Å². The predicted octanol–water partition coefficient (Wildman–Crippen LogP) is 6.02. The van der Waals surface area contributed by atoms with E-state index in [4.69, 9.17) is 0 Å². The Balaban J connectivity index is 1.18. The van der Waals surface area contributed by atoms with Crippen molar-refractivity contribution >= 4 is 11.8 Å². The van der Waals surface area contributed by atoms with Crippen LogP contribution in [0.25, 0.3) is 0 Å². The van der Waals surface area contributed by atoms with Gasteiger partial charge in [-0.3, -0.25) is 0 Å². The molecule has 0 bridgehead atoms. The summed E-state index contributed by atoms with van der Waals surface area (Å²) < 4.78 is 0. The molecular formula is C24H39NS. The highest BCUT2D eigenvalue weighted by Crippen LogP contribution is 2.60. The molecule has 0 radical (unpaired) electrons. The molecule has 0 aromatic heterocycles. The van der Waals surface area contributed by atoms with Crippen molar-refractivity contribution in [2.75, 3.05) is 0 Å². The summed E-state index contributed by atoms with van der Waals surface area (Å²) in [5.41, 5.74) is 0. The zero-order valence-electron chi connectivity index (χ0n) is 16.6. The molecular weight excluding hydrogens is 334 g/mol. The van der Waals surface area contributed by atoms with E-state index in [9.17, 15) is 0 Å². The van der Waals surface area contributed by atoms with Gasteiger partial charge in [0.25, 0.3) is 0 Å². The Morgan fingerprint density at radius 1 is 0.577 bits per heavy atom. The lowest BCUT2D eigenvalue weighted by atomic mass is 9.63. The molecule has 1 N–H and O–H groups in total. The Bertz CT molecular complexity index is 514. The van der Waals surface area contributed by atoms with Crippen LogP contribution in [0, 0.1) is 35.5 Å². The van der Waals surface area contributed by atoms with Crippen LogP contribution in [0.1, 0.15) is 89.9 Å². The van der Waals surface area contributed by atoms with Crippen molar-refractivity contribution in [1.82, 2.24) is 5.32 Å². The minimum absolute atomic E-state index is 0.893. The molecule has 0 spiro atoms. The quantitative estimate of drug-likeness (QED) is 0.603. The van der Waals surface area contributed by atoms with Gasteiger partial charge in [0, 0.05) is 22.6 Å². The number of nitrogens with one attached hydrogen (secondary N) is 1. The van der Waals surface area contributed by atoms with Gasteiger partial charge in [0.05, 0.1) is 0 Å². The number of thioether (sulfide) groups is 1. The molecule has 6 fully saturated rings. The smallest absolute Gasteiger partial charge is 0.0128 e. The van der Waals surface area contributed by atoms with Gasteiger partial charge in [0.2, 0.25) is 0 Å². The van der Waals surface area contributed by atoms with Gasteiger partial charge < -0.3 is 5.32 Å². The number of hydrogen-bond donors (Lipinski definition) is 1. The van der Waals surface area contributed by atoms with E-state index in [2.05, 4.69) is 17.1 Å². The van der Waals surface area contributed by atoms with Crippen LogP contribution in [0.4, 0.5) is 0 Å². The van der Waals surface area contributed by atoms with Gasteiger partial charge in [0.1, 0.15) is 0 Å². The molecule has 6 aliphatic rings. The topological polar surface area (TPSA) is 12.0 Å². The highest BCUT2D eigenvalue weighted by Gasteiger charge is 2.57. The van der Waals surface area contributed by atoms with Crippen LogP contribution >= 0.6 is 11.8 Å². The molecule has 2 heterocycles. The zero-order chi connectivity index (χ0) is 17.1. The van der Waals surface area contributed by atoms with Crippen molar-refractivity contribution in [2.45, 2.75) is 112 Å². The summed E-state index contributed by atoms with van der Waals surface area (Å²) in [6.07, 6.45) is 21.6. The summed E-state index contributed by atoms with van der Waals surface area (Å²) in [6.45, 7) is 0. The first kappa shape index (κ1) is 17.2. The Morgan fingerprint density at radius 2 is 1.38 bits per heavy atom. The van der Waals surface area contributed by atoms with Crippen molar-refractivity contribution in [3.63, 3.8) is 0 Å². The Hall–Kier alpha value is 0.310. The summed E-state index contributed by atoms with van der Waals surface area (Å²) in [7, 11) is 0. The van der Waals surface area contributed by atoms with Crippen molar-refractivity contribution in [1.29, 1.82) is 0 Å². The highest BCUT2D eigenvalue weighted by atomic mass is 32.2. The normalized spacial score (nSPS) is 54.2. The molecule has 0 amide bonds. The first-order valence-corrected chi connectivity index (χ1v) is 13.2. The van der Waals surface area contributed by atoms with Crippen molar-refractivity contribution < 1.29 is 0 Å². The van der Waals surface area contributed by atoms with Gasteiger partial charge in [-0.05, 0) is 80.5 Å². The van der Waals surface area contributed by atoms with E-state index >= 15 is 0 Å². The molecule has 6 rings (SSSR count). The highest BCUT2D eigenvalue weighted by molar-refractivity contribution is 8.00. The maximum Gasteiger partial charge on any atom is 0.0128 e. The largest absolute Gasteiger partial charge is 0.311 e. The fourth-order valence-electron chi connectivity index (χ4n) is 8.80. The fraction of sp³-hybridized carbons (Fsp3) is 1.00. The lowest BCUT2D eigenvalue weighted by Gasteiger charge is -2.42.